The summed E-state index contributed by atoms with van der Waals surface area (Å²) in [6.07, 6.45) is 7.64. The quantitative estimate of drug-likeness (QED) is 0.452. The summed E-state index contributed by atoms with van der Waals surface area (Å²) in [7, 11) is 0. The highest BCUT2D eigenvalue weighted by Gasteiger charge is 2.74. The van der Waals surface area contributed by atoms with Crippen LogP contribution in [-0.2, 0) is 25.8 Å². The normalized spacial score (nSPS) is 33.3. The standard InChI is InChI=1S/C27H31N5O5S/c1-16(2)19(14-33)32-22-24(35)30(15-31-18-9-5-4-8-17(18)28-29-31)12-6-11-27(22)20(23(32)34)21-25(36)37-13-7-10-26(21,3)38-27/h4-11,16,19-22,33H,12-15H2,1-3H3/t19-,20-,21+,22?,26-,27-/m0/s1. The van der Waals surface area contributed by atoms with Crippen LogP contribution in [0, 0.1) is 17.8 Å². The lowest BCUT2D eigenvalue weighted by Crippen LogP contribution is -2.58. The number of hydrogen-bond donors (Lipinski definition) is 1. The molecule has 5 heterocycles. The second kappa shape index (κ2) is 8.94. The molecule has 0 bridgehead atoms. The lowest BCUT2D eigenvalue weighted by molar-refractivity contribution is -0.153. The van der Waals surface area contributed by atoms with Crippen molar-refractivity contribution in [3.05, 3.63) is 48.6 Å². The molecular weight excluding hydrogens is 506 g/mol. The van der Waals surface area contributed by atoms with Crippen LogP contribution in [0.2, 0.25) is 0 Å². The Hall–Kier alpha value is -3.18. The molecule has 1 aromatic heterocycles. The number of rotatable bonds is 5. The van der Waals surface area contributed by atoms with E-state index in [1.54, 1.807) is 14.5 Å². The highest BCUT2D eigenvalue weighted by Crippen LogP contribution is 2.65. The Balaban J connectivity index is 1.46. The molecule has 0 radical (unpaired) electrons. The zero-order valence-electron chi connectivity index (χ0n) is 21.6. The molecule has 1 aromatic carbocycles. The molecule has 2 saturated heterocycles. The fourth-order valence-electron chi connectivity index (χ4n) is 6.63. The topological polar surface area (TPSA) is 118 Å². The summed E-state index contributed by atoms with van der Waals surface area (Å²) in [6, 6.07) is 6.06. The number of nitrogens with zero attached hydrogens (tertiary/aromatic N) is 5. The third-order valence-corrected chi connectivity index (χ3v) is 10.2. The van der Waals surface area contributed by atoms with Gasteiger partial charge in [0, 0.05) is 11.3 Å². The molecule has 1 unspecified atom stereocenters. The smallest absolute Gasteiger partial charge is 0.311 e. The van der Waals surface area contributed by atoms with Crippen LogP contribution in [-0.4, -0.2) is 89.0 Å². The van der Waals surface area contributed by atoms with Gasteiger partial charge in [-0.15, -0.1) is 16.9 Å². The fourth-order valence-corrected chi connectivity index (χ4v) is 8.77. The molecule has 1 N–H and O–H groups in total. The number of aromatic nitrogens is 3. The van der Waals surface area contributed by atoms with Crippen molar-refractivity contribution in [2.75, 3.05) is 19.8 Å². The van der Waals surface area contributed by atoms with Crippen molar-refractivity contribution < 1.29 is 24.2 Å². The first-order chi connectivity index (χ1) is 18.2. The molecule has 0 saturated carbocycles. The number of amides is 2. The molecular formula is C27H31N5O5S. The third-order valence-electron chi connectivity index (χ3n) is 8.37. The second-order valence-corrected chi connectivity index (χ2v) is 12.7. The molecule has 2 amide bonds. The van der Waals surface area contributed by atoms with Gasteiger partial charge >= 0.3 is 5.97 Å². The summed E-state index contributed by atoms with van der Waals surface area (Å²) in [5, 5.41) is 18.9. The minimum Gasteiger partial charge on any atom is -0.461 e. The molecule has 2 fully saturated rings. The van der Waals surface area contributed by atoms with Gasteiger partial charge in [0.1, 0.15) is 24.8 Å². The van der Waals surface area contributed by atoms with Crippen LogP contribution in [0.1, 0.15) is 20.8 Å². The second-order valence-electron chi connectivity index (χ2n) is 11.0. The number of fused-ring (bicyclic) bond motifs is 3. The summed E-state index contributed by atoms with van der Waals surface area (Å²) in [5.74, 6) is -2.61. The highest BCUT2D eigenvalue weighted by molar-refractivity contribution is 8.02. The minimum absolute atomic E-state index is 0.107. The maximum absolute atomic E-state index is 14.5. The predicted molar refractivity (Wildman–Crippen MR) is 141 cm³/mol. The Morgan fingerprint density at radius 2 is 1.92 bits per heavy atom. The number of para-hydroxylation sites is 1. The van der Waals surface area contributed by atoms with Gasteiger partial charge in [0.15, 0.2) is 0 Å². The Morgan fingerprint density at radius 1 is 1.13 bits per heavy atom. The molecule has 200 valence electrons. The van der Waals surface area contributed by atoms with Crippen LogP contribution in [0.5, 0.6) is 0 Å². The van der Waals surface area contributed by atoms with Gasteiger partial charge in [0.05, 0.1) is 34.7 Å². The molecule has 6 atom stereocenters. The van der Waals surface area contributed by atoms with Gasteiger partial charge in [-0.2, -0.15) is 0 Å². The third kappa shape index (κ3) is 3.47. The van der Waals surface area contributed by atoms with Crippen LogP contribution in [0.4, 0.5) is 0 Å². The summed E-state index contributed by atoms with van der Waals surface area (Å²) >= 11 is 1.49. The first-order valence-corrected chi connectivity index (χ1v) is 13.8. The van der Waals surface area contributed by atoms with Gasteiger partial charge in [-0.3, -0.25) is 14.4 Å². The Morgan fingerprint density at radius 3 is 2.68 bits per heavy atom. The number of hydrogen-bond acceptors (Lipinski definition) is 8. The largest absolute Gasteiger partial charge is 0.461 e. The number of benzene rings is 1. The molecule has 2 aromatic rings. The number of ether oxygens (including phenoxy) is 1. The van der Waals surface area contributed by atoms with Crippen molar-refractivity contribution in [2.24, 2.45) is 17.8 Å². The number of aliphatic hydroxyl groups excluding tert-OH is 1. The summed E-state index contributed by atoms with van der Waals surface area (Å²) in [6.45, 7) is 6.13. The lowest BCUT2D eigenvalue weighted by atomic mass is 9.75. The Labute approximate surface area is 224 Å². The SMILES string of the molecule is CC(C)[C@H](CO)N1C(=O)[C@@H]2[C@@H]3C(=O)OCC=C[C@]3(C)S[C@@]23C=CCN(Cn2nnc4ccccc42)C(=O)C13. The van der Waals surface area contributed by atoms with Crippen molar-refractivity contribution in [1.29, 1.82) is 0 Å². The molecule has 11 heteroatoms. The van der Waals surface area contributed by atoms with Crippen molar-refractivity contribution in [1.82, 2.24) is 24.8 Å². The van der Waals surface area contributed by atoms with Gasteiger partial charge in [-0.1, -0.05) is 49.4 Å². The summed E-state index contributed by atoms with van der Waals surface area (Å²) in [5.41, 5.74) is 1.53. The molecule has 4 aliphatic heterocycles. The Kier molecular flexibility index (Phi) is 5.91. The van der Waals surface area contributed by atoms with Crippen molar-refractivity contribution in [3.63, 3.8) is 0 Å². The first-order valence-electron chi connectivity index (χ1n) is 12.9. The van der Waals surface area contributed by atoms with Gasteiger partial charge in [-0.25, -0.2) is 4.68 Å². The summed E-state index contributed by atoms with van der Waals surface area (Å²) in [4.78, 5) is 45.3. The van der Waals surface area contributed by atoms with E-state index in [-0.39, 0.29) is 37.6 Å². The molecule has 0 aliphatic carbocycles. The number of aliphatic hydroxyl groups is 1. The number of thioether (sulfide) groups is 1. The lowest BCUT2D eigenvalue weighted by Gasteiger charge is -2.40. The van der Waals surface area contributed by atoms with E-state index >= 15 is 0 Å². The first kappa shape index (κ1) is 25.1. The van der Waals surface area contributed by atoms with Gasteiger partial charge < -0.3 is 19.6 Å². The minimum atomic E-state index is -0.990. The highest BCUT2D eigenvalue weighted by atomic mass is 32.2. The van der Waals surface area contributed by atoms with E-state index in [0.717, 1.165) is 11.0 Å². The zero-order valence-corrected chi connectivity index (χ0v) is 22.4. The number of cyclic esters (lactones) is 1. The van der Waals surface area contributed by atoms with Gasteiger partial charge in [0.25, 0.3) is 0 Å². The van der Waals surface area contributed by atoms with E-state index in [1.807, 2.05) is 69.3 Å². The van der Waals surface area contributed by atoms with Gasteiger partial charge in [-0.05, 0) is 31.1 Å². The Bertz CT molecular complexity index is 1370. The van der Waals surface area contributed by atoms with E-state index in [9.17, 15) is 19.5 Å². The van der Waals surface area contributed by atoms with Gasteiger partial charge in [0.2, 0.25) is 11.8 Å². The van der Waals surface area contributed by atoms with Crippen LogP contribution >= 0.6 is 11.8 Å². The fraction of sp³-hybridized carbons (Fsp3) is 0.519. The molecule has 6 rings (SSSR count). The van der Waals surface area contributed by atoms with Crippen LogP contribution in [0.3, 0.4) is 0 Å². The van der Waals surface area contributed by atoms with E-state index in [2.05, 4.69) is 10.3 Å². The van der Waals surface area contributed by atoms with E-state index in [1.165, 1.54) is 11.8 Å². The zero-order chi connectivity index (χ0) is 26.8. The number of esters is 1. The average molecular weight is 538 g/mol. The summed E-state index contributed by atoms with van der Waals surface area (Å²) < 4.78 is 5.45. The number of carbonyl (C=O) groups is 3. The van der Waals surface area contributed by atoms with E-state index < -0.39 is 39.4 Å². The van der Waals surface area contributed by atoms with Crippen molar-refractivity contribution >= 4 is 40.6 Å². The predicted octanol–water partition coefficient (Wildman–Crippen LogP) is 1.60. The number of carbonyl (C=O) groups excluding carboxylic acids is 3. The monoisotopic (exact) mass is 537 g/mol. The maximum Gasteiger partial charge on any atom is 0.311 e. The van der Waals surface area contributed by atoms with Crippen LogP contribution in [0.25, 0.3) is 11.0 Å². The molecule has 10 nitrogen and oxygen atoms in total. The molecule has 1 spiro atoms. The van der Waals surface area contributed by atoms with Crippen molar-refractivity contribution in [2.45, 2.75) is 49.0 Å². The molecule has 4 aliphatic rings. The molecule has 38 heavy (non-hydrogen) atoms. The average Bonchev–Trinajstić information content (AvgIpc) is 3.40. The van der Waals surface area contributed by atoms with Crippen LogP contribution in [0.15, 0.2) is 48.6 Å². The van der Waals surface area contributed by atoms with E-state index in [4.69, 9.17) is 4.74 Å². The van der Waals surface area contributed by atoms with E-state index in [0.29, 0.717) is 6.54 Å². The van der Waals surface area contributed by atoms with Crippen LogP contribution < -0.4 is 0 Å². The number of likely N-dealkylation sites (tertiary alicyclic amines) is 1. The van der Waals surface area contributed by atoms with Crippen molar-refractivity contribution in [3.8, 4) is 0 Å². The maximum atomic E-state index is 14.5.